The van der Waals surface area contributed by atoms with Gasteiger partial charge in [-0.05, 0) is 18.4 Å². The Bertz CT molecular complexity index is 617. The monoisotopic (exact) mass is 316 g/mol. The zero-order chi connectivity index (χ0) is 16.4. The summed E-state index contributed by atoms with van der Waals surface area (Å²) in [5.74, 6) is -2.22. The lowest BCUT2D eigenvalue weighted by molar-refractivity contribution is -0.158. The summed E-state index contributed by atoms with van der Waals surface area (Å²) in [5, 5.41) is 8.76. The second kappa shape index (κ2) is 6.02. The predicted molar refractivity (Wildman–Crippen MR) is 82.8 cm³/mol. The van der Waals surface area contributed by atoms with Crippen LogP contribution in [0.5, 0.6) is 0 Å². The van der Waals surface area contributed by atoms with Gasteiger partial charge in [0.05, 0.1) is 5.41 Å². The molecule has 1 saturated heterocycles. The molecule has 3 rings (SSSR count). The van der Waals surface area contributed by atoms with Crippen LogP contribution in [0, 0.1) is 0 Å². The fourth-order valence-corrected chi connectivity index (χ4v) is 3.46. The van der Waals surface area contributed by atoms with Crippen molar-refractivity contribution in [3.8, 4) is 0 Å². The Labute approximate surface area is 134 Å². The molecule has 1 N–H and O–H groups in total. The Hall–Kier alpha value is -2.37. The average Bonchev–Trinajstić information content (AvgIpc) is 2.54. The van der Waals surface area contributed by atoms with E-state index >= 15 is 0 Å². The Morgan fingerprint density at radius 1 is 0.913 bits per heavy atom. The highest BCUT2D eigenvalue weighted by Crippen LogP contribution is 2.45. The van der Waals surface area contributed by atoms with E-state index in [1.807, 2.05) is 30.3 Å². The molecule has 0 aromatic heterocycles. The van der Waals surface area contributed by atoms with E-state index in [9.17, 15) is 14.4 Å². The SMILES string of the molecule is O=C(O)C(=O)N1CCN(C(=O)C2(c3ccccc3)CCC2)CC1. The molecule has 23 heavy (non-hydrogen) atoms. The van der Waals surface area contributed by atoms with Crippen LogP contribution < -0.4 is 0 Å². The van der Waals surface area contributed by atoms with E-state index in [4.69, 9.17) is 5.11 Å². The molecule has 2 fully saturated rings. The maximum absolute atomic E-state index is 13.0. The molecule has 0 bridgehead atoms. The van der Waals surface area contributed by atoms with Crippen molar-refractivity contribution < 1.29 is 19.5 Å². The summed E-state index contributed by atoms with van der Waals surface area (Å²) >= 11 is 0. The summed E-state index contributed by atoms with van der Waals surface area (Å²) in [5.41, 5.74) is 0.626. The molecule has 2 aliphatic rings. The predicted octanol–water partition coefficient (Wildman–Crippen LogP) is 0.864. The van der Waals surface area contributed by atoms with Gasteiger partial charge in [0.25, 0.3) is 0 Å². The summed E-state index contributed by atoms with van der Waals surface area (Å²) in [6.07, 6.45) is 2.74. The van der Waals surface area contributed by atoms with Crippen LogP contribution in [-0.4, -0.2) is 58.9 Å². The van der Waals surface area contributed by atoms with Crippen LogP contribution in [0.1, 0.15) is 24.8 Å². The van der Waals surface area contributed by atoms with Crippen LogP contribution in [0.4, 0.5) is 0 Å². The molecule has 1 aromatic carbocycles. The Kier molecular flexibility index (Phi) is 4.07. The number of carboxylic acid groups (broad SMARTS) is 1. The normalized spacial score (nSPS) is 19.8. The molecule has 1 aromatic rings. The van der Waals surface area contributed by atoms with E-state index in [1.54, 1.807) is 4.90 Å². The molecule has 1 aliphatic heterocycles. The highest BCUT2D eigenvalue weighted by molar-refractivity contribution is 6.31. The van der Waals surface area contributed by atoms with Crippen molar-refractivity contribution in [1.82, 2.24) is 9.80 Å². The number of aliphatic carboxylic acids is 1. The molecule has 0 atom stereocenters. The summed E-state index contributed by atoms with van der Waals surface area (Å²) in [6, 6.07) is 9.84. The zero-order valence-corrected chi connectivity index (χ0v) is 12.9. The van der Waals surface area contributed by atoms with E-state index in [-0.39, 0.29) is 19.0 Å². The van der Waals surface area contributed by atoms with Gasteiger partial charge in [0.15, 0.2) is 0 Å². The number of carboxylic acids is 1. The first-order chi connectivity index (χ1) is 11.0. The lowest BCUT2D eigenvalue weighted by Crippen LogP contribution is -2.58. The number of amides is 2. The maximum atomic E-state index is 13.0. The van der Waals surface area contributed by atoms with Crippen molar-refractivity contribution in [2.24, 2.45) is 0 Å². The van der Waals surface area contributed by atoms with Crippen LogP contribution in [0.2, 0.25) is 0 Å². The van der Waals surface area contributed by atoms with Crippen LogP contribution in [-0.2, 0) is 19.8 Å². The minimum atomic E-state index is -1.44. The number of carbonyl (C=O) groups is 3. The molecule has 122 valence electrons. The molecule has 0 spiro atoms. The van der Waals surface area contributed by atoms with Gasteiger partial charge < -0.3 is 14.9 Å². The van der Waals surface area contributed by atoms with Gasteiger partial charge in [-0.15, -0.1) is 0 Å². The number of hydrogen-bond donors (Lipinski definition) is 1. The molecular formula is C17H20N2O4. The third kappa shape index (κ3) is 2.69. The maximum Gasteiger partial charge on any atom is 0.394 e. The Morgan fingerprint density at radius 2 is 1.48 bits per heavy atom. The first kappa shape index (κ1) is 15.5. The number of nitrogens with zero attached hydrogens (tertiary/aromatic N) is 2. The second-order valence-electron chi connectivity index (χ2n) is 6.19. The van der Waals surface area contributed by atoms with Gasteiger partial charge in [-0.3, -0.25) is 9.59 Å². The van der Waals surface area contributed by atoms with Gasteiger partial charge in [0, 0.05) is 26.2 Å². The summed E-state index contributed by atoms with van der Waals surface area (Å²) in [6.45, 7) is 1.35. The molecule has 0 unspecified atom stereocenters. The van der Waals surface area contributed by atoms with Crippen molar-refractivity contribution in [2.45, 2.75) is 24.7 Å². The average molecular weight is 316 g/mol. The van der Waals surface area contributed by atoms with Crippen LogP contribution in [0.25, 0.3) is 0 Å². The molecule has 6 heteroatoms. The topological polar surface area (TPSA) is 77.9 Å². The van der Waals surface area contributed by atoms with E-state index in [0.717, 1.165) is 24.8 Å². The standard InChI is InChI=1S/C17H20N2O4/c20-14(15(21)22)18-9-11-19(12-10-18)16(23)17(7-4-8-17)13-5-2-1-3-6-13/h1-3,5-6H,4,7-12H2,(H,21,22). The van der Waals surface area contributed by atoms with Crippen molar-refractivity contribution >= 4 is 17.8 Å². The fraction of sp³-hybridized carbons (Fsp3) is 0.471. The van der Waals surface area contributed by atoms with E-state index < -0.39 is 17.3 Å². The van der Waals surface area contributed by atoms with Crippen LogP contribution in [0.3, 0.4) is 0 Å². The number of rotatable bonds is 2. The van der Waals surface area contributed by atoms with Gasteiger partial charge in [-0.2, -0.15) is 0 Å². The lowest BCUT2D eigenvalue weighted by atomic mass is 9.63. The quantitative estimate of drug-likeness (QED) is 0.821. The van der Waals surface area contributed by atoms with E-state index in [2.05, 4.69) is 0 Å². The summed E-state index contributed by atoms with van der Waals surface area (Å²) < 4.78 is 0. The van der Waals surface area contributed by atoms with E-state index in [0.29, 0.717) is 13.1 Å². The van der Waals surface area contributed by atoms with Crippen molar-refractivity contribution in [2.75, 3.05) is 26.2 Å². The largest absolute Gasteiger partial charge is 0.474 e. The van der Waals surface area contributed by atoms with E-state index in [1.165, 1.54) is 4.90 Å². The minimum Gasteiger partial charge on any atom is -0.474 e. The molecule has 1 saturated carbocycles. The number of benzene rings is 1. The summed E-state index contributed by atoms with van der Waals surface area (Å²) in [7, 11) is 0. The molecule has 6 nitrogen and oxygen atoms in total. The third-order valence-corrected chi connectivity index (χ3v) is 4.98. The molecule has 1 heterocycles. The van der Waals surface area contributed by atoms with Gasteiger partial charge in [0.2, 0.25) is 5.91 Å². The van der Waals surface area contributed by atoms with Gasteiger partial charge >= 0.3 is 11.9 Å². The summed E-state index contributed by atoms with van der Waals surface area (Å²) in [4.78, 5) is 38.3. The Balaban J connectivity index is 1.70. The van der Waals surface area contributed by atoms with Gasteiger partial charge in [-0.1, -0.05) is 36.8 Å². The van der Waals surface area contributed by atoms with Gasteiger partial charge in [-0.25, -0.2) is 4.79 Å². The third-order valence-electron chi connectivity index (χ3n) is 4.98. The fourth-order valence-electron chi connectivity index (χ4n) is 3.46. The molecule has 0 radical (unpaired) electrons. The smallest absolute Gasteiger partial charge is 0.394 e. The number of piperazine rings is 1. The molecule has 1 aliphatic carbocycles. The highest BCUT2D eigenvalue weighted by atomic mass is 16.4. The lowest BCUT2D eigenvalue weighted by Gasteiger charge is -2.46. The number of hydrogen-bond acceptors (Lipinski definition) is 3. The molecule has 2 amide bonds. The first-order valence-corrected chi connectivity index (χ1v) is 7.92. The molecular weight excluding hydrogens is 296 g/mol. The first-order valence-electron chi connectivity index (χ1n) is 7.92. The van der Waals surface area contributed by atoms with Crippen LogP contribution >= 0.6 is 0 Å². The number of carbonyl (C=O) groups excluding carboxylic acids is 2. The van der Waals surface area contributed by atoms with Crippen molar-refractivity contribution in [3.63, 3.8) is 0 Å². The Morgan fingerprint density at radius 3 is 1.96 bits per heavy atom. The van der Waals surface area contributed by atoms with Crippen LogP contribution in [0.15, 0.2) is 30.3 Å². The van der Waals surface area contributed by atoms with Gasteiger partial charge in [0.1, 0.15) is 0 Å². The second-order valence-corrected chi connectivity index (χ2v) is 6.19. The van der Waals surface area contributed by atoms with Crippen molar-refractivity contribution in [3.05, 3.63) is 35.9 Å². The van der Waals surface area contributed by atoms with Crippen molar-refractivity contribution in [1.29, 1.82) is 0 Å². The zero-order valence-electron chi connectivity index (χ0n) is 12.9. The minimum absolute atomic E-state index is 0.109. The highest BCUT2D eigenvalue weighted by Gasteiger charge is 2.48.